The van der Waals surface area contributed by atoms with E-state index >= 15 is 0 Å². The smallest absolute Gasteiger partial charge is 0.0564 e. The van der Waals surface area contributed by atoms with Gasteiger partial charge in [0.15, 0.2) is 0 Å². The van der Waals surface area contributed by atoms with Gasteiger partial charge in [-0.1, -0.05) is 0 Å². The van der Waals surface area contributed by atoms with Gasteiger partial charge < -0.3 is 5.73 Å². The SMILES string of the molecule is CSCCC(C)N(C)C(CN)c1ccc(C)s1. The second kappa shape index (κ2) is 7.41. The molecule has 0 saturated heterocycles. The second-order valence-corrected chi connectivity index (χ2v) is 6.80. The lowest BCUT2D eigenvalue weighted by molar-refractivity contribution is 0.188. The van der Waals surface area contributed by atoms with E-state index in [1.54, 1.807) is 0 Å². The molecule has 0 aliphatic heterocycles. The van der Waals surface area contributed by atoms with Gasteiger partial charge >= 0.3 is 0 Å². The van der Waals surface area contributed by atoms with Crippen LogP contribution in [0.5, 0.6) is 0 Å². The Kier molecular flexibility index (Phi) is 6.55. The summed E-state index contributed by atoms with van der Waals surface area (Å²) in [6.07, 6.45) is 3.38. The number of thiophene rings is 1. The van der Waals surface area contributed by atoms with Crippen molar-refractivity contribution >= 4 is 23.1 Å². The zero-order chi connectivity index (χ0) is 12.8. The maximum absolute atomic E-state index is 5.94. The Morgan fingerprint density at radius 1 is 1.47 bits per heavy atom. The van der Waals surface area contributed by atoms with Crippen molar-refractivity contribution in [2.24, 2.45) is 5.73 Å². The monoisotopic (exact) mass is 272 g/mol. The number of aryl methyl sites for hydroxylation is 1. The van der Waals surface area contributed by atoms with E-state index in [-0.39, 0.29) is 0 Å². The molecule has 2 N–H and O–H groups in total. The van der Waals surface area contributed by atoms with Crippen molar-refractivity contribution in [1.29, 1.82) is 0 Å². The van der Waals surface area contributed by atoms with Gasteiger partial charge in [0, 0.05) is 22.3 Å². The summed E-state index contributed by atoms with van der Waals surface area (Å²) in [7, 11) is 2.19. The molecule has 1 aromatic rings. The molecule has 1 heterocycles. The number of hydrogen-bond donors (Lipinski definition) is 1. The zero-order valence-corrected chi connectivity index (χ0v) is 12.9. The lowest BCUT2D eigenvalue weighted by atomic mass is 10.1. The summed E-state index contributed by atoms with van der Waals surface area (Å²) in [5.41, 5.74) is 5.94. The van der Waals surface area contributed by atoms with Gasteiger partial charge in [-0.15, -0.1) is 11.3 Å². The van der Waals surface area contributed by atoms with Gasteiger partial charge in [0.2, 0.25) is 0 Å². The Bertz CT molecular complexity index is 325. The van der Waals surface area contributed by atoms with E-state index in [9.17, 15) is 0 Å². The molecule has 0 fully saturated rings. The minimum atomic E-state index is 0.366. The third kappa shape index (κ3) is 4.28. The summed E-state index contributed by atoms with van der Waals surface area (Å²) in [6.45, 7) is 5.14. The molecule has 0 aliphatic carbocycles. The molecule has 0 bridgehead atoms. The van der Waals surface area contributed by atoms with Crippen LogP contribution in [-0.2, 0) is 0 Å². The molecule has 0 aromatic carbocycles. The summed E-state index contributed by atoms with van der Waals surface area (Å²) in [6, 6.07) is 5.35. The average Bonchev–Trinajstić information content (AvgIpc) is 2.73. The fraction of sp³-hybridized carbons (Fsp3) is 0.692. The van der Waals surface area contributed by atoms with Crippen LogP contribution in [0.1, 0.15) is 29.1 Å². The summed E-state index contributed by atoms with van der Waals surface area (Å²) in [5, 5.41) is 0. The maximum atomic E-state index is 5.94. The van der Waals surface area contributed by atoms with E-state index in [1.807, 2.05) is 23.1 Å². The number of thioether (sulfide) groups is 1. The summed E-state index contributed by atoms with van der Waals surface area (Å²) < 4.78 is 0. The van der Waals surface area contributed by atoms with Crippen LogP contribution in [0.25, 0.3) is 0 Å². The van der Waals surface area contributed by atoms with Crippen molar-refractivity contribution in [2.45, 2.75) is 32.4 Å². The fourth-order valence-electron chi connectivity index (χ4n) is 1.91. The van der Waals surface area contributed by atoms with Gasteiger partial charge in [0.05, 0.1) is 6.04 Å². The van der Waals surface area contributed by atoms with Crippen molar-refractivity contribution in [3.8, 4) is 0 Å². The van der Waals surface area contributed by atoms with Crippen LogP contribution >= 0.6 is 23.1 Å². The first-order valence-corrected chi connectivity index (χ1v) is 8.28. The van der Waals surface area contributed by atoms with Crippen molar-refractivity contribution < 1.29 is 0 Å². The Morgan fingerprint density at radius 2 is 2.18 bits per heavy atom. The molecule has 2 unspecified atom stereocenters. The van der Waals surface area contributed by atoms with Gasteiger partial charge in [-0.2, -0.15) is 11.8 Å². The highest BCUT2D eigenvalue weighted by Crippen LogP contribution is 2.28. The number of likely N-dealkylation sites (N-methyl/N-ethyl adjacent to an activating group) is 1. The Labute approximate surface area is 114 Å². The number of hydrogen-bond acceptors (Lipinski definition) is 4. The average molecular weight is 272 g/mol. The third-order valence-electron chi connectivity index (χ3n) is 3.24. The highest BCUT2D eigenvalue weighted by molar-refractivity contribution is 7.98. The molecule has 0 aliphatic rings. The van der Waals surface area contributed by atoms with Gasteiger partial charge in [-0.3, -0.25) is 4.90 Å². The quantitative estimate of drug-likeness (QED) is 0.827. The normalized spacial score (nSPS) is 15.2. The molecule has 1 aromatic heterocycles. The first-order chi connectivity index (χ1) is 8.10. The molecule has 0 amide bonds. The predicted molar refractivity (Wildman–Crippen MR) is 81.1 cm³/mol. The molecule has 0 saturated carbocycles. The molecule has 4 heteroatoms. The fourth-order valence-corrected chi connectivity index (χ4v) is 3.53. The van der Waals surface area contributed by atoms with Crippen LogP contribution in [0.15, 0.2) is 12.1 Å². The highest BCUT2D eigenvalue weighted by Gasteiger charge is 2.21. The van der Waals surface area contributed by atoms with E-state index in [4.69, 9.17) is 5.73 Å². The topological polar surface area (TPSA) is 29.3 Å². The van der Waals surface area contributed by atoms with Crippen molar-refractivity contribution in [3.63, 3.8) is 0 Å². The minimum absolute atomic E-state index is 0.366. The molecule has 2 atom stereocenters. The van der Waals surface area contributed by atoms with Crippen LogP contribution in [0.3, 0.4) is 0 Å². The summed E-state index contributed by atoms with van der Waals surface area (Å²) in [4.78, 5) is 5.17. The van der Waals surface area contributed by atoms with Crippen LogP contribution in [-0.4, -0.2) is 36.5 Å². The molecular weight excluding hydrogens is 248 g/mol. The Balaban J connectivity index is 2.66. The van der Waals surface area contributed by atoms with Crippen molar-refractivity contribution in [1.82, 2.24) is 4.90 Å². The van der Waals surface area contributed by atoms with E-state index in [0.29, 0.717) is 18.6 Å². The molecule has 17 heavy (non-hydrogen) atoms. The largest absolute Gasteiger partial charge is 0.329 e. The van der Waals surface area contributed by atoms with Gasteiger partial charge in [-0.05, 0) is 51.5 Å². The van der Waals surface area contributed by atoms with Crippen LogP contribution in [0.4, 0.5) is 0 Å². The van der Waals surface area contributed by atoms with Crippen molar-refractivity contribution in [2.75, 3.05) is 25.6 Å². The minimum Gasteiger partial charge on any atom is -0.329 e. The molecule has 1 rings (SSSR count). The Morgan fingerprint density at radius 3 is 2.65 bits per heavy atom. The van der Waals surface area contributed by atoms with Crippen molar-refractivity contribution in [3.05, 3.63) is 21.9 Å². The first kappa shape index (κ1) is 15.0. The van der Waals surface area contributed by atoms with E-state index in [0.717, 1.165) is 0 Å². The molecule has 0 radical (unpaired) electrons. The molecule has 0 spiro atoms. The van der Waals surface area contributed by atoms with Crippen LogP contribution < -0.4 is 5.73 Å². The predicted octanol–water partition coefficient (Wildman–Crippen LogP) is 3.13. The van der Waals surface area contributed by atoms with Gasteiger partial charge in [-0.25, -0.2) is 0 Å². The Hall–Kier alpha value is -0.0300. The molecule has 98 valence electrons. The van der Waals surface area contributed by atoms with Gasteiger partial charge in [0.25, 0.3) is 0 Å². The van der Waals surface area contributed by atoms with Crippen LogP contribution in [0.2, 0.25) is 0 Å². The number of nitrogens with zero attached hydrogens (tertiary/aromatic N) is 1. The second-order valence-electron chi connectivity index (χ2n) is 4.50. The summed E-state index contributed by atoms with van der Waals surface area (Å²) >= 11 is 3.77. The number of nitrogens with two attached hydrogens (primary N) is 1. The standard InChI is InChI=1S/C13H24N2S2/c1-10(7-8-16-4)15(3)12(9-14)13-6-5-11(2)17-13/h5-6,10,12H,7-9,14H2,1-4H3. The molecule has 2 nitrogen and oxygen atoms in total. The van der Waals surface area contributed by atoms with E-state index in [2.05, 4.69) is 44.2 Å². The summed E-state index contributed by atoms with van der Waals surface area (Å²) in [5.74, 6) is 1.21. The lowest BCUT2D eigenvalue weighted by Gasteiger charge is -2.31. The molecular formula is C13H24N2S2. The zero-order valence-electron chi connectivity index (χ0n) is 11.3. The highest BCUT2D eigenvalue weighted by atomic mass is 32.2. The van der Waals surface area contributed by atoms with Gasteiger partial charge in [0.1, 0.15) is 0 Å². The van der Waals surface area contributed by atoms with E-state index < -0.39 is 0 Å². The van der Waals surface area contributed by atoms with Crippen LogP contribution in [0, 0.1) is 6.92 Å². The lowest BCUT2D eigenvalue weighted by Crippen LogP contribution is -2.37. The van der Waals surface area contributed by atoms with E-state index in [1.165, 1.54) is 21.9 Å². The third-order valence-corrected chi connectivity index (χ3v) is 4.99. The first-order valence-electron chi connectivity index (χ1n) is 6.07. The number of rotatable bonds is 7. The maximum Gasteiger partial charge on any atom is 0.0564 e.